The zero-order chi connectivity index (χ0) is 15.2. The number of nitrogens with one attached hydrogen (secondary N) is 2. The number of nitrogens with zero attached hydrogens (tertiary/aromatic N) is 3. The van der Waals surface area contributed by atoms with Gasteiger partial charge in [0.25, 0.3) is 0 Å². The van der Waals surface area contributed by atoms with E-state index in [9.17, 15) is 9.59 Å². The summed E-state index contributed by atoms with van der Waals surface area (Å²) in [6.45, 7) is 1.74. The molecule has 0 aliphatic heterocycles. The quantitative estimate of drug-likeness (QED) is 0.822. The Hall–Kier alpha value is -1.57. The van der Waals surface area contributed by atoms with E-state index in [0.717, 1.165) is 25.7 Å². The van der Waals surface area contributed by atoms with Gasteiger partial charge in [0.05, 0.1) is 5.25 Å². The first kappa shape index (κ1) is 15.8. The third-order valence-electron chi connectivity index (χ3n) is 3.50. The largest absolute Gasteiger partial charge is 0.335 e. The Kier molecular flexibility index (Phi) is 5.60. The lowest BCUT2D eigenvalue weighted by atomic mass is 9.96. The summed E-state index contributed by atoms with van der Waals surface area (Å²) in [7, 11) is 1.81. The van der Waals surface area contributed by atoms with Gasteiger partial charge in [0.2, 0.25) is 5.91 Å². The number of urea groups is 1. The third-order valence-corrected chi connectivity index (χ3v) is 4.65. The van der Waals surface area contributed by atoms with E-state index in [0.29, 0.717) is 5.16 Å². The fraction of sp³-hybridized carbons (Fsp3) is 0.692. The molecule has 1 aromatic heterocycles. The molecule has 0 spiro atoms. The van der Waals surface area contributed by atoms with Crippen LogP contribution in [0.15, 0.2) is 11.5 Å². The summed E-state index contributed by atoms with van der Waals surface area (Å²) in [5.74, 6) is -0.323. The van der Waals surface area contributed by atoms with Crippen molar-refractivity contribution >= 4 is 23.7 Å². The van der Waals surface area contributed by atoms with Crippen molar-refractivity contribution in [3.05, 3.63) is 6.33 Å². The molecule has 1 heterocycles. The molecule has 1 aliphatic carbocycles. The Labute approximate surface area is 128 Å². The van der Waals surface area contributed by atoms with Crippen LogP contribution < -0.4 is 10.6 Å². The predicted octanol–water partition coefficient (Wildman–Crippen LogP) is 1.45. The molecule has 1 atom stereocenters. The summed E-state index contributed by atoms with van der Waals surface area (Å²) in [5.41, 5.74) is 0. The van der Waals surface area contributed by atoms with Crippen LogP contribution in [0, 0.1) is 0 Å². The highest BCUT2D eigenvalue weighted by Crippen LogP contribution is 2.20. The molecule has 3 amide bonds. The molecule has 1 fully saturated rings. The minimum Gasteiger partial charge on any atom is -0.335 e. The number of rotatable bonds is 4. The lowest BCUT2D eigenvalue weighted by Crippen LogP contribution is -2.47. The summed E-state index contributed by atoms with van der Waals surface area (Å²) in [6, 6.07) is -0.217. The second-order valence-corrected chi connectivity index (χ2v) is 6.59. The second kappa shape index (κ2) is 7.44. The molecule has 2 rings (SSSR count). The molecule has 0 saturated heterocycles. The van der Waals surface area contributed by atoms with Crippen LogP contribution in [-0.4, -0.2) is 38.0 Å². The Balaban J connectivity index is 1.77. The molecule has 1 saturated carbocycles. The number of hydrogen-bond acceptors (Lipinski definition) is 5. The van der Waals surface area contributed by atoms with Gasteiger partial charge in [-0.2, -0.15) is 0 Å². The molecule has 8 heteroatoms. The standard InChI is InChI=1S/C13H21N5O2S/c1-9(21-13-17-14-8-18(13)2)11(19)16-12(20)15-10-6-4-3-5-7-10/h8-10H,3-7H2,1-2H3,(H2,15,16,19,20)/t9-/m0/s1. The van der Waals surface area contributed by atoms with Gasteiger partial charge in [-0.05, 0) is 19.8 Å². The Morgan fingerprint density at radius 3 is 2.71 bits per heavy atom. The van der Waals surface area contributed by atoms with E-state index < -0.39 is 11.3 Å². The van der Waals surface area contributed by atoms with Gasteiger partial charge in [-0.1, -0.05) is 31.0 Å². The number of amides is 3. The first-order chi connectivity index (χ1) is 10.1. The minimum atomic E-state index is -0.412. The van der Waals surface area contributed by atoms with Crippen molar-refractivity contribution in [1.29, 1.82) is 0 Å². The van der Waals surface area contributed by atoms with Crippen LogP contribution in [0.5, 0.6) is 0 Å². The Bertz CT molecular complexity index is 499. The highest BCUT2D eigenvalue weighted by atomic mass is 32.2. The van der Waals surface area contributed by atoms with Gasteiger partial charge in [0.15, 0.2) is 5.16 Å². The van der Waals surface area contributed by atoms with E-state index in [2.05, 4.69) is 20.8 Å². The fourth-order valence-electron chi connectivity index (χ4n) is 2.27. The molecule has 1 aliphatic rings. The average Bonchev–Trinajstić information content (AvgIpc) is 2.85. The number of imide groups is 1. The van der Waals surface area contributed by atoms with E-state index in [1.807, 2.05) is 7.05 Å². The number of thioether (sulfide) groups is 1. The minimum absolute atomic E-state index is 0.188. The van der Waals surface area contributed by atoms with Crippen molar-refractivity contribution in [3.63, 3.8) is 0 Å². The molecule has 0 radical (unpaired) electrons. The molecule has 2 N–H and O–H groups in total. The van der Waals surface area contributed by atoms with Gasteiger partial charge in [-0.15, -0.1) is 10.2 Å². The Morgan fingerprint density at radius 1 is 1.38 bits per heavy atom. The zero-order valence-corrected chi connectivity index (χ0v) is 13.2. The highest BCUT2D eigenvalue weighted by molar-refractivity contribution is 8.00. The summed E-state index contributed by atoms with van der Waals surface area (Å²) in [5, 5.41) is 13.1. The van der Waals surface area contributed by atoms with Crippen LogP contribution in [-0.2, 0) is 11.8 Å². The van der Waals surface area contributed by atoms with Crippen LogP contribution in [0.25, 0.3) is 0 Å². The summed E-state index contributed by atoms with van der Waals surface area (Å²) < 4.78 is 1.73. The SMILES string of the molecule is C[C@H](Sc1nncn1C)C(=O)NC(=O)NC1CCCCC1. The van der Waals surface area contributed by atoms with Gasteiger partial charge in [0.1, 0.15) is 6.33 Å². The maximum Gasteiger partial charge on any atom is 0.321 e. The molecule has 7 nitrogen and oxygen atoms in total. The van der Waals surface area contributed by atoms with Gasteiger partial charge in [0, 0.05) is 13.1 Å². The topological polar surface area (TPSA) is 88.9 Å². The molecule has 1 aromatic rings. The van der Waals surface area contributed by atoms with Crippen molar-refractivity contribution in [2.75, 3.05) is 0 Å². The van der Waals surface area contributed by atoms with E-state index >= 15 is 0 Å². The van der Waals surface area contributed by atoms with Crippen molar-refractivity contribution in [3.8, 4) is 0 Å². The summed E-state index contributed by atoms with van der Waals surface area (Å²) in [6.07, 6.45) is 7.05. The number of aryl methyl sites for hydroxylation is 1. The summed E-state index contributed by atoms with van der Waals surface area (Å²) in [4.78, 5) is 23.8. The molecular formula is C13H21N5O2S. The molecule has 116 valence electrons. The van der Waals surface area contributed by atoms with Crippen molar-refractivity contribution < 1.29 is 9.59 Å². The van der Waals surface area contributed by atoms with E-state index in [-0.39, 0.29) is 11.9 Å². The molecule has 0 bridgehead atoms. The third kappa shape index (κ3) is 4.73. The van der Waals surface area contributed by atoms with Crippen molar-refractivity contribution in [1.82, 2.24) is 25.4 Å². The van der Waals surface area contributed by atoms with E-state index in [1.54, 1.807) is 17.8 Å². The van der Waals surface area contributed by atoms with Crippen molar-refractivity contribution in [2.45, 2.75) is 55.5 Å². The maximum absolute atomic E-state index is 12.0. The molecule has 0 aromatic carbocycles. The number of carbonyl (C=O) groups excluding carboxylic acids is 2. The van der Waals surface area contributed by atoms with E-state index in [1.165, 1.54) is 18.2 Å². The van der Waals surface area contributed by atoms with Gasteiger partial charge < -0.3 is 9.88 Å². The maximum atomic E-state index is 12.0. The molecule has 0 unspecified atom stereocenters. The molecule has 21 heavy (non-hydrogen) atoms. The monoisotopic (exact) mass is 311 g/mol. The first-order valence-electron chi connectivity index (χ1n) is 7.18. The molecular weight excluding hydrogens is 290 g/mol. The number of carbonyl (C=O) groups is 2. The van der Waals surface area contributed by atoms with Gasteiger partial charge in [-0.25, -0.2) is 4.79 Å². The van der Waals surface area contributed by atoms with Gasteiger partial charge >= 0.3 is 6.03 Å². The first-order valence-corrected chi connectivity index (χ1v) is 8.06. The lowest BCUT2D eigenvalue weighted by molar-refractivity contribution is -0.119. The van der Waals surface area contributed by atoms with Crippen molar-refractivity contribution in [2.24, 2.45) is 7.05 Å². The van der Waals surface area contributed by atoms with Crippen LogP contribution in [0.4, 0.5) is 4.79 Å². The van der Waals surface area contributed by atoms with Crippen LogP contribution in [0.2, 0.25) is 0 Å². The van der Waals surface area contributed by atoms with Crippen LogP contribution in [0.1, 0.15) is 39.0 Å². The fourth-order valence-corrected chi connectivity index (χ4v) is 3.06. The number of hydrogen-bond donors (Lipinski definition) is 2. The van der Waals surface area contributed by atoms with E-state index in [4.69, 9.17) is 0 Å². The number of aromatic nitrogens is 3. The van der Waals surface area contributed by atoms with Gasteiger partial charge in [-0.3, -0.25) is 10.1 Å². The normalized spacial score (nSPS) is 17.2. The highest BCUT2D eigenvalue weighted by Gasteiger charge is 2.21. The average molecular weight is 311 g/mol. The second-order valence-electron chi connectivity index (χ2n) is 5.28. The van der Waals surface area contributed by atoms with Crippen LogP contribution in [0.3, 0.4) is 0 Å². The zero-order valence-electron chi connectivity index (χ0n) is 12.3. The smallest absolute Gasteiger partial charge is 0.321 e. The van der Waals surface area contributed by atoms with Crippen LogP contribution >= 0.6 is 11.8 Å². The Morgan fingerprint density at radius 2 is 2.10 bits per heavy atom. The lowest BCUT2D eigenvalue weighted by Gasteiger charge is -2.22. The summed E-state index contributed by atoms with van der Waals surface area (Å²) >= 11 is 1.27. The predicted molar refractivity (Wildman–Crippen MR) is 79.9 cm³/mol.